The van der Waals surface area contributed by atoms with Crippen LogP contribution in [0.4, 0.5) is 11.4 Å². The number of nitrogens with one attached hydrogen (secondary N) is 1. The van der Waals surface area contributed by atoms with Crippen LogP contribution in [0.3, 0.4) is 0 Å². The van der Waals surface area contributed by atoms with Crippen LogP contribution in [0.1, 0.15) is 28.9 Å². The Hall–Kier alpha value is -2.44. The van der Waals surface area contributed by atoms with Crippen LogP contribution < -0.4 is 5.32 Å². The van der Waals surface area contributed by atoms with Crippen LogP contribution in [0, 0.1) is 10.1 Å². The highest BCUT2D eigenvalue weighted by molar-refractivity contribution is 6.34. The van der Waals surface area contributed by atoms with Crippen molar-refractivity contribution < 1.29 is 14.8 Å². The van der Waals surface area contributed by atoms with Gasteiger partial charge < -0.3 is 10.4 Å². The van der Waals surface area contributed by atoms with Gasteiger partial charge in [-0.1, -0.05) is 23.7 Å². The lowest BCUT2D eigenvalue weighted by Crippen LogP contribution is -2.13. The van der Waals surface area contributed by atoms with Crippen LogP contribution in [0.15, 0.2) is 42.5 Å². The number of nitro groups is 1. The second-order valence-electron chi connectivity index (χ2n) is 4.67. The van der Waals surface area contributed by atoms with E-state index in [1.54, 1.807) is 31.2 Å². The highest BCUT2D eigenvalue weighted by Gasteiger charge is 2.16. The number of aliphatic hydroxyl groups excluding tert-OH is 1. The van der Waals surface area contributed by atoms with Crippen molar-refractivity contribution in [2.75, 3.05) is 5.32 Å². The van der Waals surface area contributed by atoms with Crippen molar-refractivity contribution in [2.24, 2.45) is 0 Å². The second-order valence-corrected chi connectivity index (χ2v) is 5.08. The molecule has 22 heavy (non-hydrogen) atoms. The monoisotopic (exact) mass is 320 g/mol. The summed E-state index contributed by atoms with van der Waals surface area (Å²) in [6.07, 6.45) is -0.601. The van der Waals surface area contributed by atoms with Crippen molar-refractivity contribution in [1.29, 1.82) is 0 Å². The Balaban J connectivity index is 2.21. The van der Waals surface area contributed by atoms with E-state index < -0.39 is 16.9 Å². The number of nitrogens with zero attached hydrogens (tertiary/aromatic N) is 1. The molecule has 0 unspecified atom stereocenters. The van der Waals surface area contributed by atoms with Crippen LogP contribution in [-0.2, 0) is 0 Å². The third-order valence-electron chi connectivity index (χ3n) is 3.06. The molecule has 0 bridgehead atoms. The van der Waals surface area contributed by atoms with Gasteiger partial charge in [-0.25, -0.2) is 0 Å². The van der Waals surface area contributed by atoms with E-state index in [9.17, 15) is 20.0 Å². The Labute approximate surface area is 131 Å². The molecule has 0 spiro atoms. The van der Waals surface area contributed by atoms with Crippen LogP contribution in [0.2, 0.25) is 5.02 Å². The number of aliphatic hydroxyl groups is 1. The van der Waals surface area contributed by atoms with Gasteiger partial charge in [0.05, 0.1) is 21.6 Å². The minimum absolute atomic E-state index is 0.0236. The first-order chi connectivity index (χ1) is 10.4. The summed E-state index contributed by atoms with van der Waals surface area (Å²) >= 11 is 5.91. The van der Waals surface area contributed by atoms with Gasteiger partial charge in [-0.05, 0) is 30.7 Å². The molecular weight excluding hydrogens is 308 g/mol. The molecule has 2 aromatic rings. The van der Waals surface area contributed by atoms with Crippen LogP contribution in [0.5, 0.6) is 0 Å². The first-order valence-electron chi connectivity index (χ1n) is 6.42. The van der Waals surface area contributed by atoms with Crippen LogP contribution >= 0.6 is 11.6 Å². The molecule has 7 heteroatoms. The molecule has 1 amide bonds. The topological polar surface area (TPSA) is 92.5 Å². The smallest absolute Gasteiger partial charge is 0.270 e. The fourth-order valence-electron chi connectivity index (χ4n) is 1.84. The van der Waals surface area contributed by atoms with E-state index in [1.807, 2.05) is 0 Å². The van der Waals surface area contributed by atoms with E-state index in [0.29, 0.717) is 11.3 Å². The SMILES string of the molecule is C[C@@H](O)c1ccc(NC(=O)c2cc([N+](=O)[O-])ccc2Cl)cc1. The molecule has 0 aromatic heterocycles. The van der Waals surface area contributed by atoms with Crippen molar-refractivity contribution in [3.63, 3.8) is 0 Å². The lowest BCUT2D eigenvalue weighted by atomic mass is 10.1. The minimum atomic E-state index is -0.601. The molecule has 0 fully saturated rings. The number of carbonyl (C=O) groups excluding carboxylic acids is 1. The largest absolute Gasteiger partial charge is 0.389 e. The van der Waals surface area contributed by atoms with Crippen molar-refractivity contribution in [1.82, 2.24) is 0 Å². The lowest BCUT2D eigenvalue weighted by molar-refractivity contribution is -0.384. The third kappa shape index (κ3) is 3.60. The Kier molecular flexibility index (Phi) is 4.75. The molecule has 2 N–H and O–H groups in total. The van der Waals surface area contributed by atoms with E-state index in [1.165, 1.54) is 12.1 Å². The Morgan fingerprint density at radius 3 is 2.45 bits per heavy atom. The van der Waals surface area contributed by atoms with Crippen molar-refractivity contribution in [2.45, 2.75) is 13.0 Å². The highest BCUT2D eigenvalue weighted by Crippen LogP contribution is 2.23. The summed E-state index contributed by atoms with van der Waals surface area (Å²) in [4.78, 5) is 22.3. The number of amides is 1. The summed E-state index contributed by atoms with van der Waals surface area (Å²) in [5, 5.41) is 22.9. The molecule has 0 aliphatic carbocycles. The molecule has 0 aliphatic heterocycles. The van der Waals surface area contributed by atoms with Gasteiger partial charge in [0.25, 0.3) is 11.6 Å². The number of non-ortho nitro benzene ring substituents is 1. The van der Waals surface area contributed by atoms with Crippen LogP contribution in [0.25, 0.3) is 0 Å². The summed E-state index contributed by atoms with van der Waals surface area (Å²) in [6.45, 7) is 1.64. The summed E-state index contributed by atoms with van der Waals surface area (Å²) in [5.74, 6) is -0.543. The predicted molar refractivity (Wildman–Crippen MR) is 83.1 cm³/mol. The number of halogens is 1. The molecule has 114 valence electrons. The van der Waals surface area contributed by atoms with Crippen molar-refractivity contribution in [3.05, 3.63) is 68.7 Å². The third-order valence-corrected chi connectivity index (χ3v) is 3.39. The number of anilines is 1. The number of rotatable bonds is 4. The number of carbonyl (C=O) groups is 1. The van der Waals surface area contributed by atoms with E-state index in [-0.39, 0.29) is 16.3 Å². The zero-order valence-corrected chi connectivity index (χ0v) is 12.4. The van der Waals surface area contributed by atoms with Crippen molar-refractivity contribution in [3.8, 4) is 0 Å². The molecule has 0 radical (unpaired) electrons. The summed E-state index contributed by atoms with van der Waals surface area (Å²) < 4.78 is 0. The van der Waals surface area contributed by atoms with Gasteiger partial charge in [0.15, 0.2) is 0 Å². The lowest BCUT2D eigenvalue weighted by Gasteiger charge is -2.09. The minimum Gasteiger partial charge on any atom is -0.389 e. The van der Waals surface area contributed by atoms with Gasteiger partial charge in [-0.2, -0.15) is 0 Å². The van der Waals surface area contributed by atoms with E-state index in [0.717, 1.165) is 6.07 Å². The zero-order chi connectivity index (χ0) is 16.3. The molecule has 2 rings (SSSR count). The van der Waals surface area contributed by atoms with E-state index >= 15 is 0 Å². The van der Waals surface area contributed by atoms with Crippen LogP contribution in [-0.4, -0.2) is 15.9 Å². The fourth-order valence-corrected chi connectivity index (χ4v) is 2.05. The molecule has 2 aromatic carbocycles. The number of nitro benzene ring substituents is 1. The first-order valence-corrected chi connectivity index (χ1v) is 6.79. The maximum atomic E-state index is 12.2. The van der Waals surface area contributed by atoms with Gasteiger partial charge in [-0.3, -0.25) is 14.9 Å². The maximum absolute atomic E-state index is 12.2. The normalized spacial score (nSPS) is 11.8. The predicted octanol–water partition coefficient (Wildman–Crippen LogP) is 3.55. The van der Waals surface area contributed by atoms with E-state index in [4.69, 9.17) is 11.6 Å². The maximum Gasteiger partial charge on any atom is 0.270 e. The number of hydrogen-bond acceptors (Lipinski definition) is 4. The fraction of sp³-hybridized carbons (Fsp3) is 0.133. The first kappa shape index (κ1) is 15.9. The molecule has 1 atom stereocenters. The number of hydrogen-bond donors (Lipinski definition) is 2. The second kappa shape index (κ2) is 6.55. The van der Waals surface area contributed by atoms with Gasteiger partial charge in [-0.15, -0.1) is 0 Å². The molecule has 6 nitrogen and oxygen atoms in total. The van der Waals surface area contributed by atoms with Gasteiger partial charge >= 0.3 is 0 Å². The molecule has 0 heterocycles. The van der Waals surface area contributed by atoms with Gasteiger partial charge in [0.2, 0.25) is 0 Å². The van der Waals surface area contributed by atoms with Gasteiger partial charge in [0, 0.05) is 17.8 Å². The highest BCUT2D eigenvalue weighted by atomic mass is 35.5. The molecule has 0 saturated carbocycles. The quantitative estimate of drug-likeness (QED) is 0.665. The zero-order valence-electron chi connectivity index (χ0n) is 11.6. The number of benzene rings is 2. The standard InChI is InChI=1S/C15H13ClN2O4/c1-9(19)10-2-4-11(5-3-10)17-15(20)13-8-12(18(21)22)6-7-14(13)16/h2-9,19H,1H3,(H,17,20)/t9-/m1/s1. The summed E-state index contributed by atoms with van der Waals surface area (Å²) in [7, 11) is 0. The van der Waals surface area contributed by atoms with E-state index in [2.05, 4.69) is 5.32 Å². The average Bonchev–Trinajstić information content (AvgIpc) is 2.47. The van der Waals surface area contributed by atoms with Crippen molar-refractivity contribution >= 4 is 28.9 Å². The Morgan fingerprint density at radius 2 is 1.91 bits per heavy atom. The molecule has 0 aliphatic rings. The summed E-state index contributed by atoms with van der Waals surface area (Å²) in [5.41, 5.74) is 1.03. The summed E-state index contributed by atoms with van der Waals surface area (Å²) in [6, 6.07) is 10.3. The Bertz CT molecular complexity index is 714. The average molecular weight is 321 g/mol. The molecular formula is C15H13ClN2O4. The molecule has 0 saturated heterocycles. The Morgan fingerprint density at radius 1 is 1.27 bits per heavy atom. The van der Waals surface area contributed by atoms with Gasteiger partial charge in [0.1, 0.15) is 0 Å².